The third kappa shape index (κ3) is 42.6. The Bertz CT molecular complexity index is 577. The Morgan fingerprint density at radius 2 is 0.629 bits per heavy atom. The van der Waals surface area contributed by atoms with Crippen molar-refractivity contribution < 1.29 is 5.11 Å². The van der Waals surface area contributed by atoms with E-state index >= 15 is 0 Å². The highest BCUT2D eigenvalue weighted by molar-refractivity contribution is 7.49. The number of rotatable bonds is 1. The fourth-order valence-corrected chi connectivity index (χ4v) is 1.69. The van der Waals surface area contributed by atoms with Gasteiger partial charge >= 0.3 is 0 Å². The Labute approximate surface area is 225 Å². The zero-order chi connectivity index (χ0) is 28.8. The Balaban J connectivity index is -0.0000000792. The lowest BCUT2D eigenvalue weighted by Crippen LogP contribution is -1.73. The molecule has 3 aromatic rings. The van der Waals surface area contributed by atoms with Gasteiger partial charge in [0.05, 0.1) is 7.57 Å². The van der Waals surface area contributed by atoms with Crippen molar-refractivity contribution in [3.05, 3.63) is 91.0 Å². The van der Waals surface area contributed by atoms with Crippen LogP contribution in [0.5, 0.6) is 5.75 Å². The van der Waals surface area contributed by atoms with E-state index in [1.54, 1.807) is 24.3 Å². The molecule has 200 valence electrons. The standard InChI is InChI=1S/C12H10.C6H6O.2C3H8.4C2H6.BH2P/c1-3-7-11(8-4-1)12-9-5-2-6-10-12;7-6-4-2-1-3-5-6;2*1-3-2;5*1-2/h1-10H;1-5,7H;2*3H2,1-2H3;4*1-2H3;2H2. The van der Waals surface area contributed by atoms with Gasteiger partial charge in [-0.3, -0.25) is 0 Å². The largest absolute Gasteiger partial charge is 0.508 e. The molecule has 0 aliphatic carbocycles. The monoisotopic (exact) mass is 500 g/mol. The van der Waals surface area contributed by atoms with E-state index < -0.39 is 0 Å². The summed E-state index contributed by atoms with van der Waals surface area (Å²) >= 11 is 0. The van der Waals surface area contributed by atoms with Crippen LogP contribution in [0.2, 0.25) is 0 Å². The summed E-state index contributed by atoms with van der Waals surface area (Å²) in [6.07, 6.45) is 2.50. The minimum Gasteiger partial charge on any atom is -0.508 e. The van der Waals surface area contributed by atoms with Gasteiger partial charge in [-0.1, -0.05) is 175 Å². The summed E-state index contributed by atoms with van der Waals surface area (Å²) in [6, 6.07) is 29.5. The molecule has 0 saturated carbocycles. The Hall–Kier alpha value is -2.05. The third-order valence-corrected chi connectivity index (χ3v) is 2.64. The molecule has 0 heterocycles. The van der Waals surface area contributed by atoms with Crippen LogP contribution in [0.4, 0.5) is 0 Å². The van der Waals surface area contributed by atoms with E-state index in [9.17, 15) is 0 Å². The highest BCUT2D eigenvalue weighted by Gasteiger charge is 1.91. The molecule has 0 aromatic heterocycles. The normalized spacial score (nSPS) is 6.89. The van der Waals surface area contributed by atoms with Crippen LogP contribution in [0.1, 0.15) is 95.9 Å². The summed E-state index contributed by atoms with van der Waals surface area (Å²) < 4.78 is 0. The van der Waals surface area contributed by atoms with Gasteiger partial charge in [-0.2, -0.15) is 9.12 Å². The molecule has 0 spiro atoms. The van der Waals surface area contributed by atoms with Crippen molar-refractivity contribution >= 4 is 16.7 Å². The number of benzene rings is 3. The summed E-state index contributed by atoms with van der Waals surface area (Å²) in [5, 5.41) is 8.63. The van der Waals surface area contributed by atoms with Crippen molar-refractivity contribution in [3.63, 3.8) is 0 Å². The maximum absolute atomic E-state index is 8.63. The van der Waals surface area contributed by atoms with Crippen molar-refractivity contribution in [3.8, 4) is 16.9 Å². The van der Waals surface area contributed by atoms with Crippen molar-refractivity contribution in [1.29, 1.82) is 0 Å². The predicted octanol–water partition coefficient (Wildman–Crippen LogP) is 11.6. The van der Waals surface area contributed by atoms with E-state index in [4.69, 9.17) is 5.11 Å². The Kier molecular flexibility index (Phi) is 70.6. The summed E-state index contributed by atoms with van der Waals surface area (Å²) in [6.45, 7) is 24.5. The highest BCUT2D eigenvalue weighted by atomic mass is 31.0. The number of aromatic hydroxyl groups is 1. The number of hydrogen-bond acceptors (Lipinski definition) is 1. The predicted molar refractivity (Wildman–Crippen MR) is 173 cm³/mol. The molecular weight excluding hydrogens is 442 g/mol. The quantitative estimate of drug-likeness (QED) is 0.260. The Morgan fingerprint density at radius 3 is 0.771 bits per heavy atom. The van der Waals surface area contributed by atoms with Crippen LogP contribution >= 0.6 is 9.12 Å². The lowest BCUT2D eigenvalue weighted by atomic mass is 10.1. The second-order valence-electron chi connectivity index (χ2n) is 5.48. The van der Waals surface area contributed by atoms with Crippen LogP contribution in [-0.2, 0) is 0 Å². The maximum Gasteiger partial charge on any atom is 0.115 e. The fourth-order valence-electron chi connectivity index (χ4n) is 1.69. The molecular formula is C32H58BOP. The lowest BCUT2D eigenvalue weighted by Gasteiger charge is -1.98. The summed E-state index contributed by atoms with van der Waals surface area (Å²) in [7, 11) is 6.33. The maximum atomic E-state index is 8.63. The molecule has 1 nitrogen and oxygen atoms in total. The van der Waals surface area contributed by atoms with Crippen LogP contribution in [0.3, 0.4) is 0 Å². The van der Waals surface area contributed by atoms with Gasteiger partial charge in [0.1, 0.15) is 5.75 Å². The van der Waals surface area contributed by atoms with E-state index in [-0.39, 0.29) is 0 Å². The van der Waals surface area contributed by atoms with Crippen molar-refractivity contribution in [2.75, 3.05) is 0 Å². The summed E-state index contributed by atoms with van der Waals surface area (Å²) in [5.41, 5.74) is 2.55. The smallest absolute Gasteiger partial charge is 0.115 e. The third-order valence-electron chi connectivity index (χ3n) is 2.64. The molecule has 0 aliphatic heterocycles. The second-order valence-corrected chi connectivity index (χ2v) is 5.48. The van der Waals surface area contributed by atoms with E-state index in [1.807, 2.05) is 82.7 Å². The van der Waals surface area contributed by atoms with E-state index in [1.165, 1.54) is 24.0 Å². The van der Waals surface area contributed by atoms with Gasteiger partial charge in [0.15, 0.2) is 0 Å². The minimum absolute atomic E-state index is 0.322. The number of phenols is 1. The van der Waals surface area contributed by atoms with Gasteiger partial charge < -0.3 is 5.11 Å². The average Bonchev–Trinajstić information content (AvgIpc) is 2.97. The van der Waals surface area contributed by atoms with E-state index in [0.717, 1.165) is 0 Å². The molecule has 3 aromatic carbocycles. The van der Waals surface area contributed by atoms with Crippen molar-refractivity contribution in [2.24, 2.45) is 0 Å². The molecule has 0 bridgehead atoms. The van der Waals surface area contributed by atoms with Crippen LogP contribution in [0.15, 0.2) is 91.0 Å². The molecule has 3 rings (SSSR count). The second kappa shape index (κ2) is 53.4. The van der Waals surface area contributed by atoms with Gasteiger partial charge in [0.2, 0.25) is 0 Å². The molecule has 3 heteroatoms. The molecule has 35 heavy (non-hydrogen) atoms. The van der Waals surface area contributed by atoms with Crippen LogP contribution in [-0.4, -0.2) is 12.7 Å². The molecule has 1 atom stereocenters. The van der Waals surface area contributed by atoms with E-state index in [0.29, 0.717) is 5.75 Å². The lowest BCUT2D eigenvalue weighted by molar-refractivity contribution is 0.475. The van der Waals surface area contributed by atoms with Gasteiger partial charge in [-0.25, -0.2) is 0 Å². The first-order valence-electron chi connectivity index (χ1n) is 13.4. The molecule has 0 saturated heterocycles. The molecule has 2 radical (unpaired) electrons. The average molecular weight is 501 g/mol. The first-order valence-corrected chi connectivity index (χ1v) is 14.0. The molecule has 0 fully saturated rings. The van der Waals surface area contributed by atoms with Crippen molar-refractivity contribution in [2.45, 2.75) is 95.9 Å². The SMILES string of the molecule is CC.CC.CC.CC.CCC.CCC.Oc1ccccc1.[B]P.c1ccc(-c2ccccc2)cc1. The van der Waals surface area contributed by atoms with Gasteiger partial charge in [-0.15, -0.1) is 0 Å². The Morgan fingerprint density at radius 1 is 0.457 bits per heavy atom. The number of phenolic OH excluding ortho intramolecular Hbond substituents is 1. The zero-order valence-electron chi connectivity index (χ0n) is 25.2. The van der Waals surface area contributed by atoms with E-state index in [2.05, 4.69) is 83.8 Å². The first kappa shape index (κ1) is 46.3. The first-order chi connectivity index (χ1) is 17.2. The van der Waals surface area contributed by atoms with Crippen LogP contribution < -0.4 is 0 Å². The fraction of sp³-hybridized carbons (Fsp3) is 0.438. The topological polar surface area (TPSA) is 20.2 Å². The van der Waals surface area contributed by atoms with Gasteiger partial charge in [0, 0.05) is 0 Å². The van der Waals surface area contributed by atoms with Crippen molar-refractivity contribution in [1.82, 2.24) is 0 Å². The summed E-state index contributed by atoms with van der Waals surface area (Å²) in [5.74, 6) is 0.322. The molecule has 0 aliphatic rings. The summed E-state index contributed by atoms with van der Waals surface area (Å²) in [4.78, 5) is 0. The number of hydrogen-bond donors (Lipinski definition) is 1. The van der Waals surface area contributed by atoms with Gasteiger partial charge in [0.25, 0.3) is 0 Å². The molecule has 0 amide bonds. The molecule has 1 N–H and O–H groups in total. The van der Waals surface area contributed by atoms with Crippen LogP contribution in [0, 0.1) is 0 Å². The number of para-hydroxylation sites is 1. The highest BCUT2D eigenvalue weighted by Crippen LogP contribution is 2.17. The molecule has 1 unspecified atom stereocenters. The zero-order valence-corrected chi connectivity index (χ0v) is 26.3. The van der Waals surface area contributed by atoms with Gasteiger partial charge in [-0.05, 0) is 23.3 Å². The minimum atomic E-state index is 0.322. The van der Waals surface area contributed by atoms with Crippen LogP contribution in [0.25, 0.3) is 11.1 Å².